The van der Waals surface area contributed by atoms with E-state index in [1.54, 1.807) is 0 Å². The lowest BCUT2D eigenvalue weighted by Crippen LogP contribution is -1.96. The van der Waals surface area contributed by atoms with E-state index in [0.717, 1.165) is 127 Å². The van der Waals surface area contributed by atoms with Crippen LogP contribution in [0.1, 0.15) is 0 Å². The first-order valence-corrected chi connectivity index (χ1v) is 21.5. The fourth-order valence-corrected chi connectivity index (χ4v) is 9.48. The number of fused-ring (bicyclic) bond motifs is 9. The van der Waals surface area contributed by atoms with E-state index < -0.39 is 0 Å². The largest absolute Gasteiger partial charge is 0.456 e. The normalized spacial score (nSPS) is 11.8. The highest BCUT2D eigenvalue weighted by Crippen LogP contribution is 2.46. The van der Waals surface area contributed by atoms with Crippen molar-refractivity contribution < 1.29 is 8.83 Å². The molecule has 0 N–H and O–H groups in total. The Bertz CT molecular complexity index is 3930. The highest BCUT2D eigenvalue weighted by atomic mass is 16.3. The minimum atomic E-state index is 0.650. The van der Waals surface area contributed by atoms with Gasteiger partial charge in [0.15, 0.2) is 5.82 Å². The van der Waals surface area contributed by atoms with E-state index in [1.165, 1.54) is 0 Å². The van der Waals surface area contributed by atoms with Gasteiger partial charge in [-0.3, -0.25) is 0 Å². The zero-order chi connectivity index (χ0) is 42.1. The van der Waals surface area contributed by atoms with Gasteiger partial charge in [0, 0.05) is 71.1 Å². The Balaban J connectivity index is 0.967. The van der Waals surface area contributed by atoms with Crippen molar-refractivity contribution in [3.63, 3.8) is 0 Å². The topological polar surface area (TPSA) is 65.0 Å². The molecular formula is C59H35N3O2. The third-order valence-electron chi connectivity index (χ3n) is 12.5. The molecule has 0 spiro atoms. The molecule has 0 saturated carbocycles. The first-order chi connectivity index (χ1) is 31.7. The third-order valence-corrected chi connectivity index (χ3v) is 12.5. The standard InChI is InChI=1S/C59H35N3O2/c1-3-14-37(15-4-1)49-35-50(38-28-26-36(27-29-38)42-21-13-22-44-43-18-8-11-24-51(43)64-58(42)44)62-59(61-49)41-32-30-39(31-33-41)54-55-45-19-7-10-23-48(45)60-57(40-16-5-2-6-17-40)47(55)34-53-56(54)46-20-9-12-25-52(46)63-53/h1-35H. The first-order valence-electron chi connectivity index (χ1n) is 21.5. The van der Waals surface area contributed by atoms with Gasteiger partial charge in [-0.2, -0.15) is 0 Å². The Hall–Kier alpha value is -8.67. The summed E-state index contributed by atoms with van der Waals surface area (Å²) in [5.74, 6) is 0.650. The molecule has 298 valence electrons. The molecule has 13 rings (SSSR count). The van der Waals surface area contributed by atoms with Crippen LogP contribution in [-0.2, 0) is 0 Å². The molecule has 0 unspecified atom stereocenters. The Kier molecular flexibility index (Phi) is 8.15. The summed E-state index contributed by atoms with van der Waals surface area (Å²) in [5.41, 5.74) is 15.3. The molecule has 0 aliphatic heterocycles. The molecule has 5 heteroatoms. The van der Waals surface area contributed by atoms with Gasteiger partial charge in [0.05, 0.1) is 22.6 Å². The lowest BCUT2D eigenvalue weighted by molar-refractivity contribution is 0.669. The Labute approximate surface area is 367 Å². The summed E-state index contributed by atoms with van der Waals surface area (Å²) in [5, 5.41) is 7.66. The summed E-state index contributed by atoms with van der Waals surface area (Å²) < 4.78 is 13.0. The van der Waals surface area contributed by atoms with Crippen molar-refractivity contribution in [3.8, 4) is 67.4 Å². The maximum absolute atomic E-state index is 6.64. The van der Waals surface area contributed by atoms with E-state index in [2.05, 4.69) is 164 Å². The van der Waals surface area contributed by atoms with Crippen LogP contribution >= 0.6 is 0 Å². The number of nitrogens with zero attached hydrogens (tertiary/aromatic N) is 3. The second-order valence-corrected chi connectivity index (χ2v) is 16.3. The second-order valence-electron chi connectivity index (χ2n) is 16.3. The molecule has 4 heterocycles. The summed E-state index contributed by atoms with van der Waals surface area (Å²) in [6.07, 6.45) is 0. The van der Waals surface area contributed by atoms with Gasteiger partial charge in [-0.1, -0.05) is 182 Å². The molecular weight excluding hydrogens is 783 g/mol. The maximum Gasteiger partial charge on any atom is 0.160 e. The van der Waals surface area contributed by atoms with Crippen LogP contribution in [0.3, 0.4) is 0 Å². The van der Waals surface area contributed by atoms with Crippen molar-refractivity contribution in [2.45, 2.75) is 0 Å². The first kappa shape index (κ1) is 36.0. The number of para-hydroxylation sites is 4. The van der Waals surface area contributed by atoms with Crippen molar-refractivity contribution in [3.05, 3.63) is 212 Å². The molecule has 4 aromatic heterocycles. The molecule has 0 aliphatic rings. The van der Waals surface area contributed by atoms with Gasteiger partial charge in [0.25, 0.3) is 0 Å². The summed E-state index contributed by atoms with van der Waals surface area (Å²) >= 11 is 0. The van der Waals surface area contributed by atoms with Gasteiger partial charge in [0.1, 0.15) is 22.3 Å². The molecule has 0 saturated heterocycles. The van der Waals surface area contributed by atoms with Crippen molar-refractivity contribution in [1.82, 2.24) is 15.0 Å². The molecule has 0 aliphatic carbocycles. The summed E-state index contributed by atoms with van der Waals surface area (Å²) in [4.78, 5) is 15.7. The monoisotopic (exact) mass is 817 g/mol. The molecule has 0 bridgehead atoms. The van der Waals surface area contributed by atoms with Crippen LogP contribution in [0.4, 0.5) is 0 Å². The molecule has 64 heavy (non-hydrogen) atoms. The zero-order valence-corrected chi connectivity index (χ0v) is 34.4. The van der Waals surface area contributed by atoms with Gasteiger partial charge in [0.2, 0.25) is 0 Å². The number of pyridine rings is 1. The lowest BCUT2D eigenvalue weighted by Gasteiger charge is -2.16. The summed E-state index contributed by atoms with van der Waals surface area (Å²) in [6.45, 7) is 0. The quantitative estimate of drug-likeness (QED) is 0.156. The molecule has 0 amide bonds. The Morgan fingerprint density at radius 1 is 0.312 bits per heavy atom. The van der Waals surface area contributed by atoms with Gasteiger partial charge < -0.3 is 8.83 Å². The van der Waals surface area contributed by atoms with E-state index in [0.29, 0.717) is 5.82 Å². The van der Waals surface area contributed by atoms with Crippen LogP contribution in [0.15, 0.2) is 221 Å². The van der Waals surface area contributed by atoms with Gasteiger partial charge in [-0.25, -0.2) is 15.0 Å². The molecule has 0 atom stereocenters. The van der Waals surface area contributed by atoms with E-state index in [4.69, 9.17) is 23.8 Å². The van der Waals surface area contributed by atoms with Crippen LogP contribution in [0.5, 0.6) is 0 Å². The molecule has 0 radical (unpaired) electrons. The number of benzene rings is 9. The van der Waals surface area contributed by atoms with Crippen LogP contribution < -0.4 is 0 Å². The minimum Gasteiger partial charge on any atom is -0.456 e. The van der Waals surface area contributed by atoms with Crippen molar-refractivity contribution in [2.75, 3.05) is 0 Å². The summed E-state index contributed by atoms with van der Waals surface area (Å²) in [6, 6.07) is 73.6. The van der Waals surface area contributed by atoms with Crippen LogP contribution in [0, 0.1) is 0 Å². The predicted octanol–water partition coefficient (Wildman–Crippen LogP) is 16.0. The number of rotatable bonds is 6. The van der Waals surface area contributed by atoms with Crippen molar-refractivity contribution in [1.29, 1.82) is 0 Å². The number of hydrogen-bond donors (Lipinski definition) is 0. The molecule has 9 aromatic carbocycles. The molecule has 5 nitrogen and oxygen atoms in total. The highest BCUT2D eigenvalue weighted by Gasteiger charge is 2.22. The van der Waals surface area contributed by atoms with Gasteiger partial charge in [-0.15, -0.1) is 0 Å². The summed E-state index contributed by atoms with van der Waals surface area (Å²) in [7, 11) is 0. The van der Waals surface area contributed by atoms with Gasteiger partial charge in [-0.05, 0) is 41.5 Å². The average Bonchev–Trinajstić information content (AvgIpc) is 3.94. The second kappa shape index (κ2) is 14.5. The van der Waals surface area contributed by atoms with Crippen molar-refractivity contribution >= 4 is 65.6 Å². The van der Waals surface area contributed by atoms with Crippen LogP contribution in [0.25, 0.3) is 133 Å². The number of furan rings is 2. The SMILES string of the molecule is c1ccc(-c2cc(-c3ccc(-c4cccc5c4oc4ccccc45)cc3)nc(-c3ccc(-c4c5c(cc6c(-c7ccccc7)nc7ccccc7c46)oc4ccccc45)cc3)n2)cc1. The highest BCUT2D eigenvalue weighted by molar-refractivity contribution is 6.27. The van der Waals surface area contributed by atoms with Gasteiger partial charge >= 0.3 is 0 Å². The zero-order valence-electron chi connectivity index (χ0n) is 34.4. The Morgan fingerprint density at radius 2 is 0.875 bits per heavy atom. The average molecular weight is 818 g/mol. The molecule has 0 fully saturated rings. The fraction of sp³-hybridized carbons (Fsp3) is 0. The van der Waals surface area contributed by atoms with Crippen LogP contribution in [-0.4, -0.2) is 15.0 Å². The predicted molar refractivity (Wildman–Crippen MR) is 262 cm³/mol. The number of hydrogen-bond acceptors (Lipinski definition) is 5. The fourth-order valence-electron chi connectivity index (χ4n) is 9.48. The van der Waals surface area contributed by atoms with E-state index in [1.807, 2.05) is 48.5 Å². The third kappa shape index (κ3) is 5.83. The maximum atomic E-state index is 6.64. The minimum absolute atomic E-state index is 0.650. The van der Waals surface area contributed by atoms with Crippen molar-refractivity contribution in [2.24, 2.45) is 0 Å². The molecule has 13 aromatic rings. The Morgan fingerprint density at radius 3 is 1.62 bits per heavy atom. The van der Waals surface area contributed by atoms with Crippen LogP contribution in [0.2, 0.25) is 0 Å². The number of aromatic nitrogens is 3. The smallest absolute Gasteiger partial charge is 0.160 e. The van der Waals surface area contributed by atoms with E-state index in [-0.39, 0.29) is 0 Å². The van der Waals surface area contributed by atoms with E-state index >= 15 is 0 Å². The van der Waals surface area contributed by atoms with E-state index in [9.17, 15) is 0 Å². The lowest BCUT2D eigenvalue weighted by atomic mass is 9.89.